The average Bonchev–Trinajstić information content (AvgIpc) is 1.42. The summed E-state index contributed by atoms with van der Waals surface area (Å²) in [5, 5.41) is 19.7. The number of aromatic nitrogens is 2. The maximum Gasteiger partial charge on any atom is 0.293 e. The number of H-pyrrole nitrogens is 1. The van der Waals surface area contributed by atoms with E-state index in [4.69, 9.17) is 16.3 Å². The fraction of sp³-hybridized carbons (Fsp3) is 0.451. The van der Waals surface area contributed by atoms with E-state index in [2.05, 4.69) is 82.7 Å². The number of halogens is 1. The van der Waals surface area contributed by atoms with Crippen molar-refractivity contribution >= 4 is 78.9 Å². The van der Waals surface area contributed by atoms with Gasteiger partial charge in [-0.15, -0.1) is 0 Å². The molecule has 4 saturated heterocycles. The molecule has 0 bridgehead atoms. The number of fused-ring (bicyclic) bond motifs is 2. The number of sulfonamides is 1. The Kier molecular flexibility index (Phi) is 20.0. The maximum atomic E-state index is 14.2. The summed E-state index contributed by atoms with van der Waals surface area (Å²) in [6.45, 7) is 14.5. The number of nitrogens with one attached hydrogen (secondary N) is 4. The summed E-state index contributed by atoms with van der Waals surface area (Å²) >= 11 is 6.28. The number of likely N-dealkylation sites (tertiary alicyclic amines) is 2. The number of carbonyl (C=O) groups is 4. The molecule has 1 unspecified atom stereocenters. The fourth-order valence-electron chi connectivity index (χ4n) is 14.2. The van der Waals surface area contributed by atoms with Crippen molar-refractivity contribution < 1.29 is 37.3 Å². The van der Waals surface area contributed by atoms with Gasteiger partial charge < -0.3 is 34.6 Å². The van der Waals surface area contributed by atoms with Gasteiger partial charge in [0.1, 0.15) is 28.9 Å². The van der Waals surface area contributed by atoms with Gasteiger partial charge in [0, 0.05) is 110 Å². The standard InChI is InChI=1S/C71H82ClN11O9S/c1-71(2)29-23-52(60(43-71)50-13-15-53(72)16-14-50)46-79-36-38-81(39-37-79)55-17-19-59(65(41-55)92-56-40-51-24-30-73-67(51)75-45-56)68(85)77-93(90,91)57-18-20-62(64(42-57)83(88)89)74-44-48-25-34-80(35-26-48)54-27-32-78(33-28-54)31-8-6-4-3-5-7-10-49-11-9-12-58-61(49)47-82(70(58)87)63-21-22-66(84)76-69(63)86/h9,11-20,24,30,40-42,45,48,54,63,74H,3-6,8,21-23,25-29,31-39,43-44,46-47H2,1-2H3,(H,73,75)(H,77,85)(H,76,84,86). The number of nitro benzene ring substituents is 1. The van der Waals surface area contributed by atoms with E-state index in [1.54, 1.807) is 41.4 Å². The second-order valence-electron chi connectivity index (χ2n) is 26.6. The fourth-order valence-corrected chi connectivity index (χ4v) is 15.4. The number of aromatic amines is 1. The first-order valence-corrected chi connectivity index (χ1v) is 34.8. The minimum absolute atomic E-state index is 0.0419. The lowest BCUT2D eigenvalue weighted by molar-refractivity contribution is -0.384. The second-order valence-corrected chi connectivity index (χ2v) is 28.7. The summed E-state index contributed by atoms with van der Waals surface area (Å²) in [5.41, 5.74) is 7.76. The maximum absolute atomic E-state index is 14.2. The van der Waals surface area contributed by atoms with Gasteiger partial charge in [0.15, 0.2) is 0 Å². The topological polar surface area (TPSA) is 236 Å². The van der Waals surface area contributed by atoms with Crippen LogP contribution in [0.1, 0.15) is 141 Å². The van der Waals surface area contributed by atoms with E-state index in [-0.39, 0.29) is 46.6 Å². The lowest BCUT2D eigenvalue weighted by Crippen LogP contribution is -2.52. The first-order chi connectivity index (χ1) is 44.9. The highest BCUT2D eigenvalue weighted by atomic mass is 35.5. The summed E-state index contributed by atoms with van der Waals surface area (Å²) in [6, 6.07) is 26.0. The third-order valence-corrected chi connectivity index (χ3v) is 21.3. The van der Waals surface area contributed by atoms with Crippen molar-refractivity contribution in [1.29, 1.82) is 0 Å². The molecule has 12 rings (SSSR count). The first-order valence-electron chi connectivity index (χ1n) is 32.9. The Balaban J connectivity index is 0.593. The number of nitrogens with zero attached hydrogens (tertiary/aromatic N) is 7. The Bertz CT molecular complexity index is 4010. The van der Waals surface area contributed by atoms with Crippen LogP contribution in [0.5, 0.6) is 11.5 Å². The highest BCUT2D eigenvalue weighted by molar-refractivity contribution is 7.90. The van der Waals surface area contributed by atoms with Crippen molar-refractivity contribution in [1.82, 2.24) is 39.6 Å². The molecule has 0 radical (unpaired) electrons. The zero-order valence-corrected chi connectivity index (χ0v) is 54.6. The van der Waals surface area contributed by atoms with Gasteiger partial charge in [-0.05, 0) is 186 Å². The number of piperazine rings is 1. The molecule has 4 fully saturated rings. The van der Waals surface area contributed by atoms with Crippen LogP contribution >= 0.6 is 11.6 Å². The Hall–Kier alpha value is -8.13. The second kappa shape index (κ2) is 28.6. The number of piperidine rings is 3. The first kappa shape index (κ1) is 65.0. The van der Waals surface area contributed by atoms with Gasteiger partial charge in [-0.25, -0.2) is 18.1 Å². The van der Waals surface area contributed by atoms with Gasteiger partial charge in [-0.1, -0.05) is 73.9 Å². The van der Waals surface area contributed by atoms with E-state index in [1.165, 1.54) is 35.0 Å². The van der Waals surface area contributed by atoms with Crippen molar-refractivity contribution in [3.63, 3.8) is 0 Å². The molecule has 6 aliphatic rings. The number of benzene rings is 4. The summed E-state index contributed by atoms with van der Waals surface area (Å²) in [7, 11) is -4.61. The van der Waals surface area contributed by atoms with Crippen molar-refractivity contribution in [2.24, 2.45) is 11.3 Å². The zero-order valence-electron chi connectivity index (χ0n) is 53.0. The van der Waals surface area contributed by atoms with Gasteiger partial charge in [0.25, 0.3) is 27.5 Å². The van der Waals surface area contributed by atoms with Crippen LogP contribution in [0.3, 0.4) is 0 Å². The largest absolute Gasteiger partial charge is 0.455 e. The van der Waals surface area contributed by atoms with Gasteiger partial charge >= 0.3 is 0 Å². The molecule has 0 saturated carbocycles. The molecule has 1 aliphatic carbocycles. The lowest BCUT2D eigenvalue weighted by Gasteiger charge is -2.42. The Morgan fingerprint density at radius 3 is 2.42 bits per heavy atom. The molecule has 0 spiro atoms. The predicted molar refractivity (Wildman–Crippen MR) is 360 cm³/mol. The highest BCUT2D eigenvalue weighted by Crippen LogP contribution is 2.44. The number of ether oxygens (including phenoxy) is 1. The highest BCUT2D eigenvalue weighted by Gasteiger charge is 2.40. The van der Waals surface area contributed by atoms with Crippen molar-refractivity contribution in [2.75, 3.05) is 82.2 Å². The minimum Gasteiger partial charge on any atom is -0.455 e. The molecular weight excluding hydrogens is 1220 g/mol. The number of nitro groups is 1. The van der Waals surface area contributed by atoms with Crippen LogP contribution in [0.4, 0.5) is 17.1 Å². The molecule has 2 aromatic heterocycles. The molecule has 4 aromatic carbocycles. The quantitative estimate of drug-likeness (QED) is 0.0172. The number of hydrogen-bond donors (Lipinski definition) is 4. The number of carbonyl (C=O) groups excluding carboxylic acids is 4. The molecular formula is C71H82ClN11O9S. The van der Waals surface area contributed by atoms with E-state index >= 15 is 0 Å². The van der Waals surface area contributed by atoms with Crippen LogP contribution in [-0.4, -0.2) is 151 Å². The molecule has 488 valence electrons. The van der Waals surface area contributed by atoms with Gasteiger partial charge in [0.05, 0.1) is 21.6 Å². The van der Waals surface area contributed by atoms with Crippen molar-refractivity contribution in [3.8, 4) is 23.3 Å². The van der Waals surface area contributed by atoms with Crippen molar-refractivity contribution in [2.45, 2.75) is 127 Å². The number of imide groups is 1. The summed E-state index contributed by atoms with van der Waals surface area (Å²) in [4.78, 5) is 82.1. The SMILES string of the molecule is CC1(C)CCC(CN2CCN(c3ccc(C(=O)NS(=O)(=O)c4ccc(NCC5CCN(C6CCN(CCCCCCC#Cc7cccc8c7CN(C7CCC(=O)NC7=O)C8=O)CC6)CC5)c([N+](=O)[O-])c4)c(Oc4cnc5[nH]ccc5c4)c3)CC2)=C(c2ccc(Cl)cc2)C1. The van der Waals surface area contributed by atoms with Gasteiger partial charge in [-0.2, -0.15) is 0 Å². The van der Waals surface area contributed by atoms with E-state index in [0.29, 0.717) is 55.6 Å². The van der Waals surface area contributed by atoms with E-state index in [0.717, 1.165) is 163 Å². The van der Waals surface area contributed by atoms with Gasteiger partial charge in [0.2, 0.25) is 11.8 Å². The van der Waals surface area contributed by atoms with E-state index < -0.39 is 43.4 Å². The summed E-state index contributed by atoms with van der Waals surface area (Å²) in [5.74, 6) is 5.47. The molecule has 5 aliphatic heterocycles. The lowest BCUT2D eigenvalue weighted by atomic mass is 9.72. The minimum atomic E-state index is -4.61. The summed E-state index contributed by atoms with van der Waals surface area (Å²) in [6.07, 6.45) is 16.3. The molecule has 4 amide bonds. The number of unbranched alkanes of at least 4 members (excludes halogenated alkanes) is 4. The summed E-state index contributed by atoms with van der Waals surface area (Å²) < 4.78 is 36.6. The predicted octanol–water partition coefficient (Wildman–Crippen LogP) is 11.2. The molecule has 6 aromatic rings. The molecule has 93 heavy (non-hydrogen) atoms. The van der Waals surface area contributed by atoms with Crippen LogP contribution in [0.2, 0.25) is 5.02 Å². The number of hydrogen-bond acceptors (Lipinski definition) is 15. The molecule has 20 nitrogen and oxygen atoms in total. The van der Waals surface area contributed by atoms with Gasteiger partial charge in [-0.3, -0.25) is 39.5 Å². The van der Waals surface area contributed by atoms with Crippen LogP contribution in [0.15, 0.2) is 114 Å². The third kappa shape index (κ3) is 15.6. The van der Waals surface area contributed by atoms with Crippen LogP contribution < -0.4 is 25.0 Å². The van der Waals surface area contributed by atoms with E-state index in [9.17, 15) is 37.7 Å². The molecule has 7 heterocycles. The Morgan fingerprint density at radius 1 is 0.860 bits per heavy atom. The average molecular weight is 1300 g/mol. The van der Waals surface area contributed by atoms with Crippen LogP contribution in [0, 0.1) is 33.3 Å². The Labute approximate surface area is 549 Å². The monoisotopic (exact) mass is 1300 g/mol. The number of pyridine rings is 1. The Morgan fingerprint density at radius 2 is 1.65 bits per heavy atom. The van der Waals surface area contributed by atoms with Crippen LogP contribution in [-0.2, 0) is 26.2 Å². The number of rotatable bonds is 21. The molecule has 22 heteroatoms. The molecule has 1 atom stereocenters. The zero-order chi connectivity index (χ0) is 64.8. The third-order valence-electron chi connectivity index (χ3n) is 19.7. The number of amides is 4. The molecule has 4 N–H and O–H groups in total. The normalized spacial score (nSPS) is 19.5. The number of allylic oxidation sites excluding steroid dienone is 1. The smallest absolute Gasteiger partial charge is 0.293 e. The number of anilines is 2. The van der Waals surface area contributed by atoms with Crippen LogP contribution in [0.25, 0.3) is 16.6 Å². The van der Waals surface area contributed by atoms with Crippen molar-refractivity contribution in [3.05, 3.63) is 152 Å². The van der Waals surface area contributed by atoms with E-state index in [1.807, 2.05) is 30.3 Å².